The summed E-state index contributed by atoms with van der Waals surface area (Å²) in [7, 11) is 0. The monoisotopic (exact) mass is 514 g/mol. The van der Waals surface area contributed by atoms with E-state index in [1.54, 1.807) is 0 Å². The minimum Gasteiger partial charge on any atom is -0.392 e. The molecule has 0 saturated carbocycles. The lowest BCUT2D eigenvalue weighted by Crippen LogP contribution is -2.45. The molecule has 2 saturated heterocycles. The summed E-state index contributed by atoms with van der Waals surface area (Å²) in [6.45, 7) is 6.02. The normalized spacial score (nSPS) is 25.0. The van der Waals surface area contributed by atoms with Crippen LogP contribution in [0.5, 0.6) is 0 Å². The Morgan fingerprint density at radius 3 is 2.16 bits per heavy atom. The van der Waals surface area contributed by atoms with Crippen molar-refractivity contribution in [1.29, 1.82) is 0 Å². The second kappa shape index (κ2) is 13.0. The molecule has 0 spiro atoms. The summed E-state index contributed by atoms with van der Waals surface area (Å²) in [6.07, 6.45) is 6.07. The molecule has 5 nitrogen and oxygen atoms in total. The maximum atomic E-state index is 9.52. The molecule has 5 heteroatoms. The molecule has 202 valence electrons. The van der Waals surface area contributed by atoms with Crippen molar-refractivity contribution in [1.82, 2.24) is 4.90 Å². The van der Waals surface area contributed by atoms with Crippen molar-refractivity contribution in [3.63, 3.8) is 0 Å². The van der Waals surface area contributed by atoms with Gasteiger partial charge in [-0.25, -0.2) is 0 Å². The van der Waals surface area contributed by atoms with Gasteiger partial charge in [0.05, 0.1) is 18.8 Å². The lowest BCUT2D eigenvalue weighted by molar-refractivity contribution is -0.276. The minimum atomic E-state index is -0.438. The lowest BCUT2D eigenvalue weighted by atomic mass is 9.89. The standard InChI is InChI=1S/C33H42N2O3/c1-24-31(22-35-19-7-3-2-4-8-20-35)37-33(38-32(24)27-13-11-25(23-36)12-14-27)28-17-15-26(16-18-28)30-10-6-5-9-29(30)21-34/h5-6,9-18,24,31-33,36H,2-4,7-8,19-23,34H2,1H3/t24-,31+,32+,33+/m1/s1. The van der Waals surface area contributed by atoms with Crippen molar-refractivity contribution in [2.75, 3.05) is 19.6 Å². The number of benzene rings is 3. The number of aliphatic hydroxyl groups is 1. The Balaban J connectivity index is 1.40. The fraction of sp³-hybridized carbons (Fsp3) is 0.455. The highest BCUT2D eigenvalue weighted by atomic mass is 16.7. The predicted octanol–water partition coefficient (Wildman–Crippen LogP) is 6.36. The van der Waals surface area contributed by atoms with Gasteiger partial charge < -0.3 is 25.2 Å². The van der Waals surface area contributed by atoms with Gasteiger partial charge in [0.15, 0.2) is 6.29 Å². The van der Waals surface area contributed by atoms with Gasteiger partial charge in [-0.2, -0.15) is 0 Å². The number of hydrogen-bond donors (Lipinski definition) is 2. The van der Waals surface area contributed by atoms with E-state index in [4.69, 9.17) is 15.2 Å². The Morgan fingerprint density at radius 2 is 1.47 bits per heavy atom. The van der Waals surface area contributed by atoms with Gasteiger partial charge in [-0.3, -0.25) is 0 Å². The first-order chi connectivity index (χ1) is 18.7. The maximum Gasteiger partial charge on any atom is 0.184 e. The highest BCUT2D eigenvalue weighted by Gasteiger charge is 2.39. The van der Waals surface area contributed by atoms with Crippen LogP contribution in [0.15, 0.2) is 72.8 Å². The van der Waals surface area contributed by atoms with Crippen LogP contribution in [0.2, 0.25) is 0 Å². The number of aliphatic hydroxyl groups excluding tert-OH is 1. The average Bonchev–Trinajstić information content (AvgIpc) is 2.95. The van der Waals surface area contributed by atoms with Crippen LogP contribution in [0.3, 0.4) is 0 Å². The van der Waals surface area contributed by atoms with Crippen LogP contribution < -0.4 is 5.73 Å². The number of hydrogen-bond acceptors (Lipinski definition) is 5. The number of ether oxygens (including phenoxy) is 2. The van der Waals surface area contributed by atoms with Crippen LogP contribution in [0.25, 0.3) is 11.1 Å². The van der Waals surface area contributed by atoms with Gasteiger partial charge in [-0.1, -0.05) is 99.0 Å². The van der Waals surface area contributed by atoms with Crippen LogP contribution in [0.1, 0.15) is 73.7 Å². The largest absolute Gasteiger partial charge is 0.392 e. The average molecular weight is 515 g/mol. The molecule has 3 aromatic carbocycles. The summed E-state index contributed by atoms with van der Waals surface area (Å²) in [5.74, 6) is 0.201. The van der Waals surface area contributed by atoms with E-state index in [0.29, 0.717) is 6.54 Å². The summed E-state index contributed by atoms with van der Waals surface area (Å²) in [5.41, 5.74) is 12.5. The molecule has 4 atom stereocenters. The molecule has 0 amide bonds. The molecule has 2 fully saturated rings. The van der Waals surface area contributed by atoms with Crippen LogP contribution in [-0.2, 0) is 22.6 Å². The van der Waals surface area contributed by atoms with E-state index in [9.17, 15) is 5.11 Å². The van der Waals surface area contributed by atoms with E-state index >= 15 is 0 Å². The molecular weight excluding hydrogens is 472 g/mol. The second-order valence-corrected chi connectivity index (χ2v) is 10.9. The zero-order valence-corrected chi connectivity index (χ0v) is 22.6. The van der Waals surface area contributed by atoms with Crippen molar-refractivity contribution < 1.29 is 14.6 Å². The SMILES string of the molecule is C[C@@H]1[C@H](CN2CCCCCCC2)O[C@H](c2ccc(-c3ccccc3CN)cc2)O[C@@H]1c1ccc(CO)cc1. The van der Waals surface area contributed by atoms with Gasteiger partial charge >= 0.3 is 0 Å². The first-order valence-corrected chi connectivity index (χ1v) is 14.3. The van der Waals surface area contributed by atoms with E-state index in [2.05, 4.69) is 66.4 Å². The summed E-state index contributed by atoms with van der Waals surface area (Å²) in [5, 5.41) is 9.52. The van der Waals surface area contributed by atoms with E-state index in [-0.39, 0.29) is 24.7 Å². The van der Waals surface area contributed by atoms with Crippen molar-refractivity contribution in [2.45, 2.75) is 70.7 Å². The quantitative estimate of drug-likeness (QED) is 0.384. The van der Waals surface area contributed by atoms with Crippen LogP contribution >= 0.6 is 0 Å². The van der Waals surface area contributed by atoms with E-state index in [0.717, 1.165) is 53.0 Å². The topological polar surface area (TPSA) is 68.0 Å². The highest BCUT2D eigenvalue weighted by molar-refractivity contribution is 5.67. The fourth-order valence-corrected chi connectivity index (χ4v) is 5.88. The first-order valence-electron chi connectivity index (χ1n) is 14.3. The maximum absolute atomic E-state index is 9.52. The van der Waals surface area contributed by atoms with E-state index in [1.165, 1.54) is 32.1 Å². The molecule has 0 unspecified atom stereocenters. The Morgan fingerprint density at radius 1 is 0.816 bits per heavy atom. The van der Waals surface area contributed by atoms with Gasteiger partial charge in [0.2, 0.25) is 0 Å². The smallest absolute Gasteiger partial charge is 0.184 e. The Hall–Kier alpha value is -2.54. The van der Waals surface area contributed by atoms with E-state index in [1.807, 2.05) is 18.2 Å². The van der Waals surface area contributed by atoms with Gasteiger partial charge in [0, 0.05) is 24.6 Å². The van der Waals surface area contributed by atoms with Crippen molar-refractivity contribution in [3.05, 3.63) is 95.1 Å². The fourth-order valence-electron chi connectivity index (χ4n) is 5.88. The van der Waals surface area contributed by atoms with Crippen LogP contribution in [0, 0.1) is 5.92 Å². The molecule has 38 heavy (non-hydrogen) atoms. The Labute approximate surface area is 227 Å². The third-order valence-electron chi connectivity index (χ3n) is 8.24. The molecule has 2 aliphatic heterocycles. The van der Waals surface area contributed by atoms with Crippen LogP contribution in [-0.4, -0.2) is 35.7 Å². The first kappa shape index (κ1) is 27.0. The van der Waals surface area contributed by atoms with Gasteiger partial charge in [-0.05, 0) is 53.7 Å². The molecule has 2 aliphatic rings. The third-order valence-corrected chi connectivity index (χ3v) is 8.24. The number of nitrogens with zero attached hydrogens (tertiary/aromatic N) is 1. The summed E-state index contributed by atoms with van der Waals surface area (Å²) < 4.78 is 13.4. The van der Waals surface area contributed by atoms with Crippen molar-refractivity contribution in [2.24, 2.45) is 11.7 Å². The molecule has 0 radical (unpaired) electrons. The predicted molar refractivity (Wildman–Crippen MR) is 152 cm³/mol. The second-order valence-electron chi connectivity index (χ2n) is 10.9. The van der Waals surface area contributed by atoms with Gasteiger partial charge in [0.1, 0.15) is 0 Å². The molecule has 3 N–H and O–H groups in total. The number of rotatable bonds is 7. The Bertz CT molecular complexity index is 1140. The molecule has 3 aromatic rings. The van der Waals surface area contributed by atoms with Crippen molar-refractivity contribution >= 4 is 0 Å². The van der Waals surface area contributed by atoms with Gasteiger partial charge in [-0.15, -0.1) is 0 Å². The summed E-state index contributed by atoms with van der Waals surface area (Å²) in [4.78, 5) is 2.60. The number of likely N-dealkylation sites (tertiary alicyclic amines) is 1. The molecule has 0 bridgehead atoms. The summed E-state index contributed by atoms with van der Waals surface area (Å²) in [6, 6.07) is 25.0. The van der Waals surface area contributed by atoms with Crippen LogP contribution in [0.4, 0.5) is 0 Å². The van der Waals surface area contributed by atoms with Gasteiger partial charge in [0.25, 0.3) is 0 Å². The molecule has 0 aliphatic carbocycles. The minimum absolute atomic E-state index is 0.0459. The summed E-state index contributed by atoms with van der Waals surface area (Å²) >= 11 is 0. The Kier molecular flexibility index (Phi) is 9.26. The molecule has 2 heterocycles. The molecular formula is C33H42N2O3. The lowest BCUT2D eigenvalue weighted by Gasteiger charge is -2.43. The molecule has 5 rings (SSSR count). The highest BCUT2D eigenvalue weighted by Crippen LogP contribution is 2.42. The van der Waals surface area contributed by atoms with E-state index < -0.39 is 6.29 Å². The third kappa shape index (κ3) is 6.36. The zero-order valence-electron chi connectivity index (χ0n) is 22.6. The van der Waals surface area contributed by atoms with Crippen molar-refractivity contribution in [3.8, 4) is 11.1 Å². The molecule has 0 aromatic heterocycles. The number of nitrogens with two attached hydrogens (primary N) is 1. The zero-order chi connectivity index (χ0) is 26.3.